The number of likely N-dealkylation sites (N-methyl/N-ethyl adjacent to an activating group) is 1. The van der Waals surface area contributed by atoms with Gasteiger partial charge in [0.1, 0.15) is 17.4 Å². The van der Waals surface area contributed by atoms with E-state index in [1.165, 1.54) is 6.07 Å². The number of hydrogen-bond acceptors (Lipinski definition) is 4. The predicted molar refractivity (Wildman–Crippen MR) is 76.8 cm³/mol. The molecule has 0 bridgehead atoms. The number of carbonyl (C=O) groups is 1. The van der Waals surface area contributed by atoms with Crippen molar-refractivity contribution in [2.24, 2.45) is 5.73 Å². The Morgan fingerprint density at radius 2 is 2.16 bits per heavy atom. The summed E-state index contributed by atoms with van der Waals surface area (Å²) in [5, 5.41) is 0. The van der Waals surface area contributed by atoms with Crippen molar-refractivity contribution in [2.45, 2.75) is 13.8 Å². The molecule has 0 aromatic heterocycles. The molecule has 6 heteroatoms. The molecule has 0 aliphatic heterocycles. The zero-order valence-corrected chi connectivity index (χ0v) is 11.8. The molecule has 2 N–H and O–H groups in total. The van der Waals surface area contributed by atoms with Gasteiger partial charge in [-0.25, -0.2) is 4.39 Å². The maximum absolute atomic E-state index is 13.8. The summed E-state index contributed by atoms with van der Waals surface area (Å²) in [4.78, 5) is 13.2. The molecule has 19 heavy (non-hydrogen) atoms. The maximum Gasteiger partial charge on any atom is 0.325 e. The van der Waals surface area contributed by atoms with Crippen LogP contribution in [-0.4, -0.2) is 30.7 Å². The molecular formula is C13H17FN2O2S. The fourth-order valence-corrected chi connectivity index (χ4v) is 1.95. The Bertz CT molecular complexity index is 480. The fourth-order valence-electron chi connectivity index (χ4n) is 1.75. The number of nitrogens with zero attached hydrogens (tertiary/aromatic N) is 1. The summed E-state index contributed by atoms with van der Waals surface area (Å²) in [5.41, 5.74) is 6.20. The highest BCUT2D eigenvalue weighted by Gasteiger charge is 2.18. The fraction of sp³-hybridized carbons (Fsp3) is 0.385. The van der Waals surface area contributed by atoms with Gasteiger partial charge in [0.2, 0.25) is 0 Å². The Hall–Kier alpha value is -1.69. The molecule has 0 unspecified atom stereocenters. The number of carbonyl (C=O) groups excluding carboxylic acids is 1. The van der Waals surface area contributed by atoms with E-state index in [9.17, 15) is 9.18 Å². The summed E-state index contributed by atoms with van der Waals surface area (Å²) in [5.74, 6) is -0.866. The van der Waals surface area contributed by atoms with Crippen LogP contribution in [-0.2, 0) is 9.53 Å². The van der Waals surface area contributed by atoms with Crippen LogP contribution in [0.1, 0.15) is 19.4 Å². The number of thiocarbonyl (C=S) groups is 1. The Balaban J connectivity index is 3.08. The number of esters is 1. The molecule has 0 amide bonds. The molecule has 1 aromatic rings. The quantitative estimate of drug-likeness (QED) is 0.638. The Kier molecular flexibility index (Phi) is 5.69. The molecule has 1 aromatic carbocycles. The van der Waals surface area contributed by atoms with Crippen molar-refractivity contribution in [3.05, 3.63) is 29.6 Å². The molecule has 0 aliphatic carbocycles. The highest BCUT2D eigenvalue weighted by Crippen LogP contribution is 2.23. The summed E-state index contributed by atoms with van der Waals surface area (Å²) < 4.78 is 18.7. The summed E-state index contributed by atoms with van der Waals surface area (Å²) in [6, 6.07) is 4.52. The van der Waals surface area contributed by atoms with Crippen molar-refractivity contribution in [2.75, 3.05) is 24.6 Å². The van der Waals surface area contributed by atoms with Crippen molar-refractivity contribution in [1.29, 1.82) is 0 Å². The zero-order valence-electron chi connectivity index (χ0n) is 11.0. The second-order valence-corrected chi connectivity index (χ2v) is 4.26. The van der Waals surface area contributed by atoms with Crippen LogP contribution in [0.3, 0.4) is 0 Å². The smallest absolute Gasteiger partial charge is 0.325 e. The van der Waals surface area contributed by atoms with Crippen LogP contribution in [0.4, 0.5) is 10.1 Å². The van der Waals surface area contributed by atoms with E-state index in [0.29, 0.717) is 18.8 Å². The van der Waals surface area contributed by atoms with Crippen molar-refractivity contribution >= 4 is 28.9 Å². The number of rotatable bonds is 6. The van der Waals surface area contributed by atoms with Gasteiger partial charge >= 0.3 is 5.97 Å². The van der Waals surface area contributed by atoms with Gasteiger partial charge in [-0.1, -0.05) is 18.3 Å². The number of anilines is 1. The van der Waals surface area contributed by atoms with E-state index < -0.39 is 5.82 Å². The van der Waals surface area contributed by atoms with Gasteiger partial charge in [-0.3, -0.25) is 4.79 Å². The first kappa shape index (κ1) is 15.4. The summed E-state index contributed by atoms with van der Waals surface area (Å²) in [6.07, 6.45) is 0. The average Bonchev–Trinajstić information content (AvgIpc) is 2.35. The van der Waals surface area contributed by atoms with Gasteiger partial charge in [0, 0.05) is 6.54 Å². The number of benzene rings is 1. The van der Waals surface area contributed by atoms with Gasteiger partial charge in [0.25, 0.3) is 0 Å². The summed E-state index contributed by atoms with van der Waals surface area (Å²) >= 11 is 4.86. The lowest BCUT2D eigenvalue weighted by Gasteiger charge is -2.24. The average molecular weight is 284 g/mol. The lowest BCUT2D eigenvalue weighted by atomic mass is 10.1. The molecule has 0 fully saturated rings. The molecule has 0 saturated carbocycles. The van der Waals surface area contributed by atoms with Crippen LogP contribution >= 0.6 is 12.2 Å². The Labute approximate surface area is 117 Å². The zero-order chi connectivity index (χ0) is 14.4. The highest BCUT2D eigenvalue weighted by molar-refractivity contribution is 7.80. The van der Waals surface area contributed by atoms with Crippen molar-refractivity contribution in [1.82, 2.24) is 0 Å². The number of halogens is 1. The van der Waals surface area contributed by atoms with Crippen molar-refractivity contribution in [3.63, 3.8) is 0 Å². The highest BCUT2D eigenvalue weighted by atomic mass is 32.1. The molecule has 0 saturated heterocycles. The third-order valence-corrected chi connectivity index (χ3v) is 2.79. The SMILES string of the molecule is CCOC(=O)CN(CC)c1cccc(F)c1C(N)=S. The molecule has 0 radical (unpaired) electrons. The van der Waals surface area contributed by atoms with Crippen LogP contribution in [0.25, 0.3) is 0 Å². The molecule has 0 heterocycles. The molecule has 0 atom stereocenters. The van der Waals surface area contributed by atoms with Crippen LogP contribution in [0, 0.1) is 5.82 Å². The van der Waals surface area contributed by atoms with Crippen LogP contribution in [0.15, 0.2) is 18.2 Å². The van der Waals surface area contributed by atoms with E-state index >= 15 is 0 Å². The van der Waals surface area contributed by atoms with E-state index in [2.05, 4.69) is 0 Å². The summed E-state index contributed by atoms with van der Waals surface area (Å²) in [7, 11) is 0. The number of nitrogens with two attached hydrogens (primary N) is 1. The second kappa shape index (κ2) is 7.04. The maximum atomic E-state index is 13.8. The molecule has 4 nitrogen and oxygen atoms in total. The minimum absolute atomic E-state index is 0.0312. The molecule has 1 rings (SSSR count). The largest absolute Gasteiger partial charge is 0.465 e. The molecular weight excluding hydrogens is 267 g/mol. The van der Waals surface area contributed by atoms with Gasteiger partial charge in [-0.05, 0) is 26.0 Å². The Morgan fingerprint density at radius 3 is 2.68 bits per heavy atom. The van der Waals surface area contributed by atoms with Gasteiger partial charge < -0.3 is 15.4 Å². The van der Waals surface area contributed by atoms with Gasteiger partial charge in [-0.2, -0.15) is 0 Å². The van der Waals surface area contributed by atoms with Crippen LogP contribution < -0.4 is 10.6 Å². The minimum Gasteiger partial charge on any atom is -0.465 e. The molecule has 0 aliphatic rings. The van der Waals surface area contributed by atoms with Gasteiger partial charge in [-0.15, -0.1) is 0 Å². The van der Waals surface area contributed by atoms with E-state index in [1.54, 1.807) is 24.0 Å². The normalized spacial score (nSPS) is 10.1. The van der Waals surface area contributed by atoms with E-state index in [1.807, 2.05) is 6.92 Å². The first-order valence-corrected chi connectivity index (χ1v) is 6.40. The topological polar surface area (TPSA) is 55.6 Å². The standard InChI is InChI=1S/C13H17FN2O2S/c1-3-16(8-11(17)18-4-2)10-7-5-6-9(14)12(10)13(15)19/h5-7H,3-4,8H2,1-2H3,(H2,15,19). The van der Waals surface area contributed by atoms with E-state index in [-0.39, 0.29) is 23.1 Å². The lowest BCUT2D eigenvalue weighted by Crippen LogP contribution is -2.32. The van der Waals surface area contributed by atoms with Crippen molar-refractivity contribution < 1.29 is 13.9 Å². The molecule has 0 spiro atoms. The first-order chi connectivity index (χ1) is 9.01. The lowest BCUT2D eigenvalue weighted by molar-refractivity contribution is -0.141. The van der Waals surface area contributed by atoms with Crippen LogP contribution in [0.5, 0.6) is 0 Å². The second-order valence-electron chi connectivity index (χ2n) is 3.82. The van der Waals surface area contributed by atoms with Crippen molar-refractivity contribution in [3.8, 4) is 0 Å². The third-order valence-electron chi connectivity index (χ3n) is 2.59. The number of ether oxygens (including phenoxy) is 1. The number of hydrogen-bond donors (Lipinski definition) is 1. The van der Waals surface area contributed by atoms with E-state index in [4.69, 9.17) is 22.7 Å². The summed E-state index contributed by atoms with van der Waals surface area (Å²) in [6.45, 7) is 4.44. The van der Waals surface area contributed by atoms with Gasteiger partial charge in [0.05, 0.1) is 17.9 Å². The molecule has 104 valence electrons. The Morgan fingerprint density at radius 1 is 1.47 bits per heavy atom. The monoisotopic (exact) mass is 284 g/mol. The predicted octanol–water partition coefficient (Wildman–Crippen LogP) is 1.85. The first-order valence-electron chi connectivity index (χ1n) is 6.00. The van der Waals surface area contributed by atoms with Gasteiger partial charge in [0.15, 0.2) is 0 Å². The van der Waals surface area contributed by atoms with E-state index in [0.717, 1.165) is 0 Å². The minimum atomic E-state index is -0.493. The van der Waals surface area contributed by atoms with Crippen LogP contribution in [0.2, 0.25) is 0 Å². The third kappa shape index (κ3) is 3.89.